The molecule has 13 atom stereocenters. The molecule has 11 heteroatoms. The van der Waals surface area contributed by atoms with Crippen LogP contribution in [0, 0.1) is 34.5 Å². The second-order valence-electron chi connectivity index (χ2n) is 12.1. The van der Waals surface area contributed by atoms with Crippen molar-refractivity contribution in [3.8, 4) is 0 Å². The molecule has 38 heavy (non-hydrogen) atoms. The van der Waals surface area contributed by atoms with Crippen molar-refractivity contribution in [2.45, 2.75) is 89.9 Å². The molecule has 11 nitrogen and oxygen atoms in total. The zero-order valence-electron chi connectivity index (χ0n) is 22.3. The standard InChI is InChI=1S/C27H38O11/c1-10-6-14(36-25-20(32)19(31)18(30)15(9-28)37-25)24(34)27(4)12(10)7-16-26(3)13(8-17(29)38-16)11(2)22(35-5)21(33)23(26)27/h10,12-16,18-20,23,25,28,30-32H,6-9H2,1-5H3/t10?,12?,13-,14?,15+,16+,18?,19-,20?,23?,25+,26+,27-/m0/s1. The van der Waals surface area contributed by atoms with E-state index in [1.165, 1.54) is 7.11 Å². The molecule has 2 saturated heterocycles. The normalized spacial score (nSPS) is 50.8. The van der Waals surface area contributed by atoms with Crippen molar-refractivity contribution in [2.24, 2.45) is 34.5 Å². The number of methoxy groups -OCH3 is 1. The number of esters is 1. The predicted octanol–water partition coefficient (Wildman–Crippen LogP) is -0.136. The third-order valence-electron chi connectivity index (χ3n) is 10.4. The number of allylic oxidation sites excluding steroid dienone is 2. The number of Topliss-reactive ketones (excluding diaryl/α,β-unsaturated/α-hetero) is 2. The number of ether oxygens (including phenoxy) is 4. The first-order valence-electron chi connectivity index (χ1n) is 13.3. The molecular weight excluding hydrogens is 500 g/mol. The van der Waals surface area contributed by atoms with Gasteiger partial charge in [0.1, 0.15) is 36.6 Å². The topological polar surface area (TPSA) is 169 Å². The van der Waals surface area contributed by atoms with Gasteiger partial charge in [-0.05, 0) is 37.2 Å². The molecule has 0 aromatic carbocycles. The smallest absolute Gasteiger partial charge is 0.306 e. The molecule has 5 rings (SSSR count). The molecule has 3 aliphatic carbocycles. The van der Waals surface area contributed by atoms with Crippen LogP contribution in [0.15, 0.2) is 11.3 Å². The Morgan fingerprint density at radius 3 is 2.37 bits per heavy atom. The van der Waals surface area contributed by atoms with E-state index < -0.39 is 66.3 Å². The largest absolute Gasteiger partial charge is 0.493 e. The number of carbonyl (C=O) groups is 3. The molecule has 0 aromatic heterocycles. The maximum absolute atomic E-state index is 14.4. The molecule has 6 unspecified atom stereocenters. The maximum Gasteiger partial charge on any atom is 0.306 e. The van der Waals surface area contributed by atoms with E-state index >= 15 is 0 Å². The van der Waals surface area contributed by atoms with Crippen molar-refractivity contribution in [2.75, 3.05) is 13.7 Å². The highest BCUT2D eigenvalue weighted by molar-refractivity contribution is 6.04. The van der Waals surface area contributed by atoms with Crippen molar-refractivity contribution in [3.05, 3.63) is 11.3 Å². The fraction of sp³-hybridized carbons (Fsp3) is 0.815. The van der Waals surface area contributed by atoms with Gasteiger partial charge in [0.2, 0.25) is 5.78 Å². The molecule has 2 saturated carbocycles. The minimum absolute atomic E-state index is 0.0881. The van der Waals surface area contributed by atoms with E-state index in [4.69, 9.17) is 18.9 Å². The number of hydrogen-bond donors (Lipinski definition) is 4. The number of aliphatic hydroxyl groups excluding tert-OH is 4. The van der Waals surface area contributed by atoms with Crippen LogP contribution in [0.5, 0.6) is 0 Å². The molecule has 4 fully saturated rings. The van der Waals surface area contributed by atoms with E-state index in [1.54, 1.807) is 13.8 Å². The summed E-state index contributed by atoms with van der Waals surface area (Å²) >= 11 is 0. The molecule has 2 heterocycles. The monoisotopic (exact) mass is 538 g/mol. The van der Waals surface area contributed by atoms with Gasteiger partial charge in [0.05, 0.1) is 20.1 Å². The molecule has 4 N–H and O–H groups in total. The van der Waals surface area contributed by atoms with Crippen LogP contribution < -0.4 is 0 Å². The molecule has 0 spiro atoms. The lowest BCUT2D eigenvalue weighted by atomic mass is 9.39. The molecular formula is C27H38O11. The van der Waals surface area contributed by atoms with Crippen LogP contribution in [-0.2, 0) is 33.3 Å². The Morgan fingerprint density at radius 1 is 1.05 bits per heavy atom. The molecule has 0 radical (unpaired) electrons. The summed E-state index contributed by atoms with van der Waals surface area (Å²) in [6.07, 6.45) is -8.35. The Bertz CT molecular complexity index is 1050. The van der Waals surface area contributed by atoms with Crippen molar-refractivity contribution >= 4 is 17.5 Å². The fourth-order valence-electron chi connectivity index (χ4n) is 8.45. The van der Waals surface area contributed by atoms with E-state index in [0.29, 0.717) is 12.0 Å². The zero-order chi connectivity index (χ0) is 27.9. The zero-order valence-corrected chi connectivity index (χ0v) is 22.3. The summed E-state index contributed by atoms with van der Waals surface area (Å²) in [5, 5.41) is 40.4. The number of carbonyl (C=O) groups excluding carboxylic acids is 3. The van der Waals surface area contributed by atoms with Gasteiger partial charge in [-0.1, -0.05) is 20.8 Å². The summed E-state index contributed by atoms with van der Waals surface area (Å²) in [5.41, 5.74) is -1.35. The minimum atomic E-state index is -1.65. The Hall–Kier alpha value is -1.89. The number of ketones is 2. The summed E-state index contributed by atoms with van der Waals surface area (Å²) in [4.78, 5) is 41.1. The first-order valence-corrected chi connectivity index (χ1v) is 13.3. The summed E-state index contributed by atoms with van der Waals surface area (Å²) in [7, 11) is 1.41. The third kappa shape index (κ3) is 3.59. The van der Waals surface area contributed by atoms with Gasteiger partial charge in [0.25, 0.3) is 0 Å². The van der Waals surface area contributed by atoms with Gasteiger partial charge in [0, 0.05) is 22.7 Å². The lowest BCUT2D eigenvalue weighted by Crippen LogP contribution is -2.71. The summed E-state index contributed by atoms with van der Waals surface area (Å²) in [5.74, 6) is -2.39. The second-order valence-corrected chi connectivity index (χ2v) is 12.1. The fourth-order valence-corrected chi connectivity index (χ4v) is 8.45. The van der Waals surface area contributed by atoms with Gasteiger partial charge in [0.15, 0.2) is 17.8 Å². The van der Waals surface area contributed by atoms with Crippen LogP contribution in [0.4, 0.5) is 0 Å². The van der Waals surface area contributed by atoms with Gasteiger partial charge < -0.3 is 39.4 Å². The Balaban J connectivity index is 1.54. The minimum Gasteiger partial charge on any atom is -0.493 e. The lowest BCUT2D eigenvalue weighted by molar-refractivity contribution is -0.313. The van der Waals surface area contributed by atoms with Crippen LogP contribution in [0.2, 0.25) is 0 Å². The molecule has 0 bridgehead atoms. The van der Waals surface area contributed by atoms with Gasteiger partial charge in [-0.15, -0.1) is 0 Å². The summed E-state index contributed by atoms with van der Waals surface area (Å²) < 4.78 is 22.9. The van der Waals surface area contributed by atoms with E-state index in [2.05, 4.69) is 0 Å². The van der Waals surface area contributed by atoms with Gasteiger partial charge >= 0.3 is 5.97 Å². The highest BCUT2D eigenvalue weighted by atomic mass is 16.7. The number of hydrogen-bond acceptors (Lipinski definition) is 11. The first-order chi connectivity index (χ1) is 17.8. The molecule has 0 aromatic rings. The van der Waals surface area contributed by atoms with Crippen LogP contribution in [0.3, 0.4) is 0 Å². The quantitative estimate of drug-likeness (QED) is 0.278. The number of aliphatic hydroxyl groups is 4. The lowest BCUT2D eigenvalue weighted by Gasteiger charge is -2.65. The number of fused-ring (bicyclic) bond motifs is 2. The average molecular weight is 539 g/mol. The summed E-state index contributed by atoms with van der Waals surface area (Å²) in [6.45, 7) is 6.83. The van der Waals surface area contributed by atoms with Crippen molar-refractivity contribution in [1.29, 1.82) is 0 Å². The van der Waals surface area contributed by atoms with E-state index in [0.717, 1.165) is 0 Å². The van der Waals surface area contributed by atoms with Crippen molar-refractivity contribution in [3.63, 3.8) is 0 Å². The highest BCUT2D eigenvalue weighted by Crippen LogP contribution is 2.67. The van der Waals surface area contributed by atoms with E-state index in [9.17, 15) is 34.8 Å². The molecule has 212 valence electrons. The van der Waals surface area contributed by atoms with Crippen molar-refractivity contribution < 1.29 is 53.8 Å². The van der Waals surface area contributed by atoms with Gasteiger partial charge in [-0.2, -0.15) is 0 Å². The molecule has 5 aliphatic rings. The van der Waals surface area contributed by atoms with E-state index in [-0.39, 0.29) is 53.9 Å². The first kappa shape index (κ1) is 27.7. The predicted molar refractivity (Wildman–Crippen MR) is 128 cm³/mol. The average Bonchev–Trinajstić information content (AvgIpc) is 2.86. The van der Waals surface area contributed by atoms with Crippen LogP contribution >= 0.6 is 0 Å². The van der Waals surface area contributed by atoms with Crippen LogP contribution in [0.1, 0.15) is 47.0 Å². The Morgan fingerprint density at radius 2 is 1.74 bits per heavy atom. The van der Waals surface area contributed by atoms with Crippen LogP contribution in [-0.4, -0.2) is 94.6 Å². The Kier molecular flexibility index (Phi) is 6.81. The maximum atomic E-state index is 14.4. The number of rotatable bonds is 4. The second kappa shape index (κ2) is 9.35. The SMILES string of the molecule is COC1=C(C)[C@@H]2CC(=O)O[C@@H]3CC4C(C)CC(O[C@@H]5O[C@H](CO)C(O)[C@H](O)C5O)C(=O)[C@]4(C)C(C1=O)[C@@]32C. The van der Waals surface area contributed by atoms with Crippen molar-refractivity contribution in [1.82, 2.24) is 0 Å². The summed E-state index contributed by atoms with van der Waals surface area (Å²) in [6, 6.07) is 0. The molecule has 2 aliphatic heterocycles. The van der Waals surface area contributed by atoms with Crippen LogP contribution in [0.25, 0.3) is 0 Å². The highest BCUT2D eigenvalue weighted by Gasteiger charge is 2.72. The van der Waals surface area contributed by atoms with E-state index in [1.807, 2.05) is 13.8 Å². The molecule has 0 amide bonds. The van der Waals surface area contributed by atoms with Gasteiger partial charge in [-0.3, -0.25) is 14.4 Å². The third-order valence-corrected chi connectivity index (χ3v) is 10.4. The Labute approximate surface area is 221 Å². The van der Waals surface area contributed by atoms with Gasteiger partial charge in [-0.25, -0.2) is 0 Å².